The molecule has 1 aromatic carbocycles. The van der Waals surface area contributed by atoms with Gasteiger partial charge in [0.25, 0.3) is 0 Å². The lowest BCUT2D eigenvalue weighted by atomic mass is 10.1. The maximum absolute atomic E-state index is 12.6. The van der Waals surface area contributed by atoms with Crippen molar-refractivity contribution < 1.29 is 4.79 Å². The van der Waals surface area contributed by atoms with Gasteiger partial charge >= 0.3 is 0 Å². The van der Waals surface area contributed by atoms with Gasteiger partial charge in [0.1, 0.15) is 0 Å². The van der Waals surface area contributed by atoms with E-state index in [2.05, 4.69) is 27.3 Å². The van der Waals surface area contributed by atoms with E-state index in [0.29, 0.717) is 6.42 Å². The molecule has 0 radical (unpaired) electrons. The van der Waals surface area contributed by atoms with E-state index >= 15 is 0 Å². The van der Waals surface area contributed by atoms with E-state index in [1.807, 2.05) is 52.3 Å². The largest absolute Gasteiger partial charge is 0.340 e. The zero-order chi connectivity index (χ0) is 20.1. The molecule has 0 saturated carbocycles. The lowest BCUT2D eigenvalue weighted by Crippen LogP contribution is -2.48. The molecular formula is C22H27N5OS. The summed E-state index contributed by atoms with van der Waals surface area (Å²) in [6.45, 7) is 6.45. The Bertz CT molecular complexity index is 928. The first-order chi connectivity index (χ1) is 14.2. The first-order valence-corrected chi connectivity index (χ1v) is 11.1. The van der Waals surface area contributed by atoms with Crippen LogP contribution in [0.2, 0.25) is 0 Å². The Morgan fingerprint density at radius 3 is 2.66 bits per heavy atom. The van der Waals surface area contributed by atoms with Gasteiger partial charge in [0.2, 0.25) is 5.91 Å². The van der Waals surface area contributed by atoms with E-state index in [1.165, 1.54) is 5.01 Å². The summed E-state index contributed by atoms with van der Waals surface area (Å²) < 4.78 is 1.86. The van der Waals surface area contributed by atoms with Crippen molar-refractivity contribution >= 4 is 17.2 Å². The van der Waals surface area contributed by atoms with Gasteiger partial charge in [0.05, 0.1) is 22.6 Å². The van der Waals surface area contributed by atoms with Crippen LogP contribution >= 0.6 is 11.3 Å². The highest BCUT2D eigenvalue weighted by Gasteiger charge is 2.21. The molecule has 0 bridgehead atoms. The monoisotopic (exact) mass is 409 g/mol. The minimum Gasteiger partial charge on any atom is -0.340 e. The molecule has 3 heterocycles. The minimum atomic E-state index is 0.235. The van der Waals surface area contributed by atoms with E-state index in [1.54, 1.807) is 11.3 Å². The summed E-state index contributed by atoms with van der Waals surface area (Å²) in [6.07, 6.45) is 6.13. The number of benzene rings is 1. The number of aromatic nitrogens is 3. The minimum absolute atomic E-state index is 0.235. The van der Waals surface area contributed by atoms with E-state index in [9.17, 15) is 4.79 Å². The lowest BCUT2D eigenvalue weighted by Gasteiger charge is -2.34. The molecule has 1 fully saturated rings. The zero-order valence-corrected chi connectivity index (χ0v) is 17.6. The van der Waals surface area contributed by atoms with Gasteiger partial charge < -0.3 is 4.90 Å². The molecule has 3 aromatic rings. The predicted octanol–water partition coefficient (Wildman–Crippen LogP) is 3.17. The quantitative estimate of drug-likeness (QED) is 0.601. The van der Waals surface area contributed by atoms with Crippen molar-refractivity contribution in [1.29, 1.82) is 0 Å². The van der Waals surface area contributed by atoms with Gasteiger partial charge in [-0.2, -0.15) is 5.10 Å². The van der Waals surface area contributed by atoms with Crippen LogP contribution in [0.1, 0.15) is 29.6 Å². The number of hydrogen-bond acceptors (Lipinski definition) is 5. The fourth-order valence-corrected chi connectivity index (χ4v) is 4.32. The molecule has 1 aliphatic rings. The summed E-state index contributed by atoms with van der Waals surface area (Å²) >= 11 is 1.74. The number of carbonyl (C=O) groups excluding carboxylic acids is 1. The van der Waals surface area contributed by atoms with Gasteiger partial charge in [-0.3, -0.25) is 9.69 Å². The van der Waals surface area contributed by atoms with Crippen LogP contribution in [-0.4, -0.2) is 56.7 Å². The molecule has 1 saturated heterocycles. The lowest BCUT2D eigenvalue weighted by molar-refractivity contribution is -0.133. The van der Waals surface area contributed by atoms with Crippen LogP contribution in [0, 0.1) is 0 Å². The van der Waals surface area contributed by atoms with Crippen molar-refractivity contribution in [3.63, 3.8) is 0 Å². The number of piperazine rings is 1. The fourth-order valence-electron chi connectivity index (χ4n) is 3.59. The van der Waals surface area contributed by atoms with Crippen molar-refractivity contribution in [3.8, 4) is 5.69 Å². The molecule has 1 aliphatic heterocycles. The summed E-state index contributed by atoms with van der Waals surface area (Å²) in [4.78, 5) is 21.7. The van der Waals surface area contributed by atoms with Gasteiger partial charge in [-0.1, -0.05) is 25.1 Å². The second-order valence-corrected chi connectivity index (χ2v) is 8.31. The molecule has 2 aromatic heterocycles. The van der Waals surface area contributed by atoms with Crippen LogP contribution in [0.5, 0.6) is 0 Å². The van der Waals surface area contributed by atoms with E-state index in [-0.39, 0.29) is 5.91 Å². The first-order valence-electron chi connectivity index (χ1n) is 10.2. The third-order valence-electron chi connectivity index (χ3n) is 5.30. The second-order valence-electron chi connectivity index (χ2n) is 7.37. The zero-order valence-electron chi connectivity index (χ0n) is 16.8. The van der Waals surface area contributed by atoms with Crippen LogP contribution < -0.4 is 0 Å². The van der Waals surface area contributed by atoms with Crippen molar-refractivity contribution in [2.24, 2.45) is 0 Å². The number of hydrogen-bond donors (Lipinski definition) is 0. The average molecular weight is 410 g/mol. The molecule has 7 heteroatoms. The number of carbonyl (C=O) groups is 1. The molecule has 0 unspecified atom stereocenters. The number of amides is 1. The second kappa shape index (κ2) is 9.33. The molecule has 1 amide bonds. The highest BCUT2D eigenvalue weighted by molar-refractivity contribution is 7.09. The van der Waals surface area contributed by atoms with Gasteiger partial charge in [-0.05, 0) is 30.5 Å². The number of para-hydroxylation sites is 1. The van der Waals surface area contributed by atoms with Gasteiger partial charge in [0.15, 0.2) is 0 Å². The Labute approximate surface area is 175 Å². The van der Waals surface area contributed by atoms with Crippen LogP contribution in [0.3, 0.4) is 0 Å². The Morgan fingerprint density at radius 2 is 1.93 bits per heavy atom. The third kappa shape index (κ3) is 5.10. The Kier molecular flexibility index (Phi) is 6.36. The Morgan fingerprint density at radius 1 is 1.14 bits per heavy atom. The van der Waals surface area contributed by atoms with E-state index in [4.69, 9.17) is 0 Å². The maximum atomic E-state index is 12.6. The standard InChI is InChI=1S/C22H27N5OS/c1-2-21-24-19(17-29-21)16-25-10-12-26(13-11-25)22(28)9-8-18-14-23-27(15-18)20-6-4-3-5-7-20/h3-7,14-15,17H,2,8-13,16H2,1H3. The highest BCUT2D eigenvalue weighted by atomic mass is 32.1. The molecule has 0 atom stereocenters. The van der Waals surface area contributed by atoms with E-state index < -0.39 is 0 Å². The van der Waals surface area contributed by atoms with Crippen molar-refractivity contribution in [2.45, 2.75) is 32.7 Å². The predicted molar refractivity (Wildman–Crippen MR) is 115 cm³/mol. The Hall–Kier alpha value is -2.51. The number of aryl methyl sites for hydroxylation is 2. The first kappa shape index (κ1) is 19.8. The number of thiazole rings is 1. The third-order valence-corrected chi connectivity index (χ3v) is 6.34. The van der Waals surface area contributed by atoms with Gasteiger partial charge in [-0.15, -0.1) is 11.3 Å². The summed E-state index contributed by atoms with van der Waals surface area (Å²) in [5, 5.41) is 7.77. The molecule has 0 N–H and O–H groups in total. The van der Waals surface area contributed by atoms with Crippen LogP contribution in [0.25, 0.3) is 5.69 Å². The summed E-state index contributed by atoms with van der Waals surface area (Å²) in [5.41, 5.74) is 3.28. The smallest absolute Gasteiger partial charge is 0.222 e. The Balaban J connectivity index is 1.22. The molecular weight excluding hydrogens is 382 g/mol. The normalized spacial score (nSPS) is 15.0. The van der Waals surface area contributed by atoms with Crippen molar-refractivity contribution in [3.05, 3.63) is 64.4 Å². The fraction of sp³-hybridized carbons (Fsp3) is 0.409. The van der Waals surface area contributed by atoms with Gasteiger partial charge in [-0.25, -0.2) is 9.67 Å². The molecule has 152 valence electrons. The van der Waals surface area contributed by atoms with Gasteiger partial charge in [0, 0.05) is 50.7 Å². The van der Waals surface area contributed by atoms with Crippen molar-refractivity contribution in [1.82, 2.24) is 24.6 Å². The van der Waals surface area contributed by atoms with Crippen LogP contribution in [0.4, 0.5) is 0 Å². The molecule has 4 rings (SSSR count). The SMILES string of the molecule is CCc1nc(CN2CCN(C(=O)CCc3cnn(-c4ccccc4)c3)CC2)cs1. The van der Waals surface area contributed by atoms with E-state index in [0.717, 1.165) is 62.5 Å². The van der Waals surface area contributed by atoms with Crippen LogP contribution in [0.15, 0.2) is 48.1 Å². The van der Waals surface area contributed by atoms with Crippen LogP contribution in [-0.2, 0) is 24.2 Å². The highest BCUT2D eigenvalue weighted by Crippen LogP contribution is 2.15. The topological polar surface area (TPSA) is 54.3 Å². The van der Waals surface area contributed by atoms with Crippen molar-refractivity contribution in [2.75, 3.05) is 26.2 Å². The number of nitrogens with zero attached hydrogens (tertiary/aromatic N) is 5. The average Bonchev–Trinajstić information content (AvgIpc) is 3.43. The summed E-state index contributed by atoms with van der Waals surface area (Å²) in [6, 6.07) is 10.0. The summed E-state index contributed by atoms with van der Waals surface area (Å²) in [7, 11) is 0. The molecule has 29 heavy (non-hydrogen) atoms. The molecule has 0 aliphatic carbocycles. The summed E-state index contributed by atoms with van der Waals surface area (Å²) in [5.74, 6) is 0.235. The number of rotatable bonds is 7. The molecule has 0 spiro atoms. The molecule has 6 nitrogen and oxygen atoms in total. The maximum Gasteiger partial charge on any atom is 0.222 e.